The topological polar surface area (TPSA) is 84.6 Å². The predicted octanol–water partition coefficient (Wildman–Crippen LogP) is 3.11. The molecule has 1 aromatic heterocycles. The van der Waals surface area contributed by atoms with Crippen molar-refractivity contribution < 1.29 is 9.72 Å². The number of thiophene rings is 1. The van der Waals surface area contributed by atoms with Gasteiger partial charge in [0.05, 0.1) is 17.6 Å². The van der Waals surface area contributed by atoms with Gasteiger partial charge in [-0.15, -0.1) is 11.3 Å². The Morgan fingerprint density at radius 1 is 1.48 bits per heavy atom. The van der Waals surface area contributed by atoms with Crippen LogP contribution in [-0.2, 0) is 11.2 Å². The molecule has 0 atom stereocenters. The number of hydrogen-bond donors (Lipinski definition) is 1. The maximum atomic E-state index is 11.7. The molecule has 0 aliphatic carbocycles. The van der Waals surface area contributed by atoms with Gasteiger partial charge in [0.1, 0.15) is 0 Å². The summed E-state index contributed by atoms with van der Waals surface area (Å²) >= 11 is 4.79. The van der Waals surface area contributed by atoms with E-state index in [2.05, 4.69) is 26.5 Å². The smallest absolute Gasteiger partial charge is 0.273 e. The van der Waals surface area contributed by atoms with Crippen molar-refractivity contribution in [2.75, 3.05) is 0 Å². The highest BCUT2D eigenvalue weighted by Gasteiger charge is 2.14. The van der Waals surface area contributed by atoms with Crippen molar-refractivity contribution >= 4 is 45.1 Å². The van der Waals surface area contributed by atoms with Crippen molar-refractivity contribution in [1.82, 2.24) is 5.43 Å². The molecule has 0 fully saturated rings. The summed E-state index contributed by atoms with van der Waals surface area (Å²) in [6.45, 7) is 0. The second-order valence-corrected chi connectivity index (χ2v) is 5.88. The van der Waals surface area contributed by atoms with E-state index in [0.29, 0.717) is 5.56 Å². The van der Waals surface area contributed by atoms with E-state index >= 15 is 0 Å². The van der Waals surface area contributed by atoms with Crippen LogP contribution in [0.1, 0.15) is 10.4 Å². The van der Waals surface area contributed by atoms with Gasteiger partial charge in [-0.1, -0.05) is 18.2 Å². The number of rotatable bonds is 5. The molecule has 0 saturated heterocycles. The van der Waals surface area contributed by atoms with Crippen LogP contribution >= 0.6 is 27.3 Å². The maximum absolute atomic E-state index is 11.7. The van der Waals surface area contributed by atoms with Crippen LogP contribution in [0.2, 0.25) is 0 Å². The van der Waals surface area contributed by atoms with Gasteiger partial charge in [0, 0.05) is 26.4 Å². The summed E-state index contributed by atoms with van der Waals surface area (Å²) < 4.78 is 0.945. The van der Waals surface area contributed by atoms with Gasteiger partial charge in [-0.25, -0.2) is 5.43 Å². The minimum Gasteiger partial charge on any atom is -0.273 e. The first-order valence-corrected chi connectivity index (χ1v) is 7.52. The van der Waals surface area contributed by atoms with Crippen LogP contribution < -0.4 is 5.43 Å². The number of carbonyl (C=O) groups excluding carboxylic acids is 1. The predicted molar refractivity (Wildman–Crippen MR) is 84.6 cm³/mol. The zero-order valence-corrected chi connectivity index (χ0v) is 13.1. The van der Waals surface area contributed by atoms with Gasteiger partial charge in [0.2, 0.25) is 5.91 Å². The summed E-state index contributed by atoms with van der Waals surface area (Å²) in [6.07, 6.45) is 1.43. The van der Waals surface area contributed by atoms with E-state index in [1.54, 1.807) is 18.2 Å². The highest BCUT2D eigenvalue weighted by atomic mass is 79.9. The molecular formula is C13H10BrN3O3S. The maximum Gasteiger partial charge on any atom is 0.273 e. The van der Waals surface area contributed by atoms with Crippen molar-refractivity contribution in [1.29, 1.82) is 0 Å². The summed E-state index contributed by atoms with van der Waals surface area (Å²) in [4.78, 5) is 23.0. The van der Waals surface area contributed by atoms with Crippen molar-refractivity contribution in [3.63, 3.8) is 0 Å². The third kappa shape index (κ3) is 4.47. The number of hydrazone groups is 1. The number of nitro groups is 1. The lowest BCUT2D eigenvalue weighted by molar-refractivity contribution is -0.385. The Morgan fingerprint density at radius 3 is 2.90 bits per heavy atom. The van der Waals surface area contributed by atoms with E-state index in [-0.39, 0.29) is 12.1 Å². The fraction of sp³-hybridized carbons (Fsp3) is 0.0769. The van der Waals surface area contributed by atoms with Crippen LogP contribution in [0.15, 0.2) is 45.3 Å². The molecule has 1 aromatic carbocycles. The van der Waals surface area contributed by atoms with Crippen LogP contribution in [0, 0.1) is 10.1 Å². The number of nitrogens with one attached hydrogen (secondary N) is 1. The monoisotopic (exact) mass is 367 g/mol. The second-order valence-electron chi connectivity index (χ2n) is 4.02. The van der Waals surface area contributed by atoms with Crippen molar-refractivity contribution in [2.24, 2.45) is 5.10 Å². The van der Waals surface area contributed by atoms with Gasteiger partial charge in [-0.2, -0.15) is 5.10 Å². The molecule has 1 N–H and O–H groups in total. The zero-order chi connectivity index (χ0) is 15.2. The van der Waals surface area contributed by atoms with Gasteiger partial charge >= 0.3 is 0 Å². The number of para-hydroxylation sites is 1. The highest BCUT2D eigenvalue weighted by molar-refractivity contribution is 9.10. The molecule has 0 saturated carbocycles. The Balaban J connectivity index is 1.96. The van der Waals surface area contributed by atoms with Crippen molar-refractivity contribution in [3.8, 4) is 0 Å². The Kier molecular flexibility index (Phi) is 5.18. The molecule has 0 aliphatic heterocycles. The van der Waals surface area contributed by atoms with Crippen LogP contribution in [0.25, 0.3) is 0 Å². The molecule has 1 amide bonds. The molecule has 0 aliphatic rings. The van der Waals surface area contributed by atoms with E-state index in [0.717, 1.165) is 9.35 Å². The molecule has 8 heteroatoms. The fourth-order valence-corrected chi connectivity index (χ4v) is 2.92. The minimum atomic E-state index is -0.505. The van der Waals surface area contributed by atoms with Crippen molar-refractivity contribution in [3.05, 3.63) is 60.7 Å². The molecule has 2 aromatic rings. The first-order chi connectivity index (χ1) is 10.1. The molecule has 21 heavy (non-hydrogen) atoms. The van der Waals surface area contributed by atoms with Crippen LogP contribution in [0.3, 0.4) is 0 Å². The van der Waals surface area contributed by atoms with Gasteiger partial charge in [-0.05, 0) is 22.0 Å². The Morgan fingerprint density at radius 2 is 2.24 bits per heavy atom. The number of nitro benzene ring substituents is 1. The summed E-state index contributed by atoms with van der Waals surface area (Å²) in [5.41, 5.74) is 2.64. The van der Waals surface area contributed by atoms with E-state index in [4.69, 9.17) is 0 Å². The first-order valence-electron chi connectivity index (χ1n) is 5.84. The number of amides is 1. The molecule has 108 valence electrons. The molecule has 0 radical (unpaired) electrons. The largest absolute Gasteiger partial charge is 0.273 e. The van der Waals surface area contributed by atoms with E-state index < -0.39 is 10.8 Å². The SMILES string of the molecule is O=C(Cc1ccccc1[N+](=O)[O-])N/N=C/c1cc(Br)cs1. The highest BCUT2D eigenvalue weighted by Crippen LogP contribution is 2.18. The van der Waals surface area contributed by atoms with Crippen LogP contribution in [-0.4, -0.2) is 17.0 Å². The number of carbonyl (C=O) groups is 1. The second kappa shape index (κ2) is 7.09. The summed E-state index contributed by atoms with van der Waals surface area (Å²) in [5, 5.41) is 16.6. The Labute approximate surface area is 132 Å². The number of hydrogen-bond acceptors (Lipinski definition) is 5. The van der Waals surface area contributed by atoms with Gasteiger partial charge in [0.25, 0.3) is 5.69 Å². The third-order valence-electron chi connectivity index (χ3n) is 2.51. The molecule has 0 bridgehead atoms. The summed E-state index contributed by atoms with van der Waals surface area (Å²) in [6, 6.07) is 8.00. The molecule has 1 heterocycles. The van der Waals surface area contributed by atoms with E-state index in [1.165, 1.54) is 23.6 Å². The first kappa shape index (κ1) is 15.3. The third-order valence-corrected chi connectivity index (χ3v) is 4.14. The van der Waals surface area contributed by atoms with E-state index in [1.807, 2.05) is 11.4 Å². The lowest BCUT2D eigenvalue weighted by atomic mass is 10.1. The summed E-state index contributed by atoms with van der Waals surface area (Å²) in [5.74, 6) is -0.406. The van der Waals surface area contributed by atoms with E-state index in [9.17, 15) is 14.9 Å². The average Bonchev–Trinajstić information content (AvgIpc) is 2.85. The molecule has 6 nitrogen and oxygen atoms in total. The van der Waals surface area contributed by atoms with Crippen LogP contribution in [0.5, 0.6) is 0 Å². The lowest BCUT2D eigenvalue weighted by Gasteiger charge is -2.01. The van der Waals surface area contributed by atoms with Gasteiger partial charge in [-0.3, -0.25) is 14.9 Å². The molecule has 0 unspecified atom stereocenters. The lowest BCUT2D eigenvalue weighted by Crippen LogP contribution is -2.20. The van der Waals surface area contributed by atoms with Gasteiger partial charge in [0.15, 0.2) is 0 Å². The van der Waals surface area contributed by atoms with Crippen molar-refractivity contribution in [2.45, 2.75) is 6.42 Å². The minimum absolute atomic E-state index is 0.0705. The Hall–Kier alpha value is -2.06. The van der Waals surface area contributed by atoms with Gasteiger partial charge < -0.3 is 0 Å². The van der Waals surface area contributed by atoms with Crippen LogP contribution in [0.4, 0.5) is 5.69 Å². The quantitative estimate of drug-likeness (QED) is 0.500. The molecule has 2 rings (SSSR count). The Bertz CT molecular complexity index is 699. The number of halogens is 1. The summed E-state index contributed by atoms with van der Waals surface area (Å²) in [7, 11) is 0. The standard InChI is InChI=1S/C13H10BrN3O3S/c14-10-6-11(21-8-10)7-15-16-13(18)5-9-3-1-2-4-12(9)17(19)20/h1-4,6-8H,5H2,(H,16,18)/b15-7+. The number of nitrogens with zero attached hydrogens (tertiary/aromatic N) is 2. The normalized spacial score (nSPS) is 10.7. The number of benzene rings is 1. The zero-order valence-electron chi connectivity index (χ0n) is 10.7. The molecule has 0 spiro atoms. The fourth-order valence-electron chi connectivity index (χ4n) is 1.61. The average molecular weight is 368 g/mol. The molecular weight excluding hydrogens is 358 g/mol.